The molecule has 0 radical (unpaired) electrons. The Hall–Kier alpha value is -3.73. The number of fused-ring (bicyclic) bond motifs is 1. The molecule has 1 aromatic heterocycles. The van der Waals surface area contributed by atoms with E-state index in [1.165, 1.54) is 36.4 Å². The summed E-state index contributed by atoms with van der Waals surface area (Å²) in [6.45, 7) is 0. The van der Waals surface area contributed by atoms with Crippen LogP contribution in [0.3, 0.4) is 0 Å². The van der Waals surface area contributed by atoms with Gasteiger partial charge in [0.2, 0.25) is 0 Å². The molecule has 31 heavy (non-hydrogen) atoms. The van der Waals surface area contributed by atoms with Gasteiger partial charge in [0.15, 0.2) is 4.77 Å². The van der Waals surface area contributed by atoms with E-state index in [4.69, 9.17) is 12.2 Å². The summed E-state index contributed by atoms with van der Waals surface area (Å²) in [7, 11) is 0. The van der Waals surface area contributed by atoms with E-state index in [0.29, 0.717) is 5.69 Å². The van der Waals surface area contributed by atoms with Crippen molar-refractivity contribution in [1.82, 2.24) is 14.9 Å². The van der Waals surface area contributed by atoms with Crippen LogP contribution < -0.4 is 16.2 Å². The largest absolute Gasteiger partial charge is 0.425 e. The van der Waals surface area contributed by atoms with Crippen molar-refractivity contribution in [3.8, 4) is 5.69 Å². The Bertz CT molecular complexity index is 1300. The normalized spacial score (nSPS) is 17.7. The molecule has 2 amide bonds. The predicted molar refractivity (Wildman–Crippen MR) is 107 cm³/mol. The fourth-order valence-corrected chi connectivity index (χ4v) is 3.72. The number of hydrogen-bond donors (Lipinski definition) is 3. The van der Waals surface area contributed by atoms with E-state index in [9.17, 15) is 27.6 Å². The topological polar surface area (TPSA) is 96.0 Å². The van der Waals surface area contributed by atoms with Gasteiger partial charge in [0.1, 0.15) is 11.4 Å². The number of alkyl halides is 3. The molecule has 1 aliphatic rings. The zero-order valence-electron chi connectivity index (χ0n) is 15.5. The van der Waals surface area contributed by atoms with Gasteiger partial charge in [-0.25, -0.2) is 0 Å². The van der Waals surface area contributed by atoms with Crippen LogP contribution in [0.4, 0.5) is 19.0 Å². The number of aromatic nitrogens is 2. The maximum Gasteiger partial charge on any atom is 0.425 e. The summed E-state index contributed by atoms with van der Waals surface area (Å²) in [5.41, 5.74) is -5.64. The van der Waals surface area contributed by atoms with Crippen LogP contribution in [0.2, 0.25) is 0 Å². The number of H-pyrrole nitrogens is 1. The molecule has 0 spiro atoms. The maximum atomic E-state index is 14.4. The minimum Gasteiger partial charge on any atom is -0.326 e. The molecule has 4 rings (SSSR count). The molecule has 1 atom stereocenters. The summed E-state index contributed by atoms with van der Waals surface area (Å²) >= 11 is 5.12. The highest BCUT2D eigenvalue weighted by atomic mass is 32.1. The molecule has 11 heteroatoms. The molecule has 3 N–H and O–H groups in total. The first-order valence-corrected chi connectivity index (χ1v) is 9.28. The molecule has 0 unspecified atom stereocenters. The van der Waals surface area contributed by atoms with Gasteiger partial charge in [-0.15, -0.1) is 0 Å². The Morgan fingerprint density at radius 2 is 1.58 bits per heavy atom. The number of anilines is 1. The first-order valence-electron chi connectivity index (χ1n) is 8.88. The number of hydrogen-bond acceptors (Lipinski definition) is 4. The molecule has 158 valence electrons. The second kappa shape index (κ2) is 7.20. The summed E-state index contributed by atoms with van der Waals surface area (Å²) in [5, 5.41) is 3.85. The fraction of sp³-hybridized carbons (Fsp3) is 0.100. The summed E-state index contributed by atoms with van der Waals surface area (Å²) in [4.78, 5) is 40.2. The molecule has 0 aliphatic carbocycles. The van der Waals surface area contributed by atoms with Crippen molar-refractivity contribution in [1.29, 1.82) is 0 Å². The van der Waals surface area contributed by atoms with Gasteiger partial charge in [-0.2, -0.15) is 13.2 Å². The van der Waals surface area contributed by atoms with Crippen molar-refractivity contribution in [2.45, 2.75) is 11.7 Å². The van der Waals surface area contributed by atoms with Crippen LogP contribution in [0, 0.1) is 4.77 Å². The Morgan fingerprint density at radius 1 is 1.00 bits per heavy atom. The molecule has 3 aromatic rings. The highest BCUT2D eigenvalue weighted by molar-refractivity contribution is 7.71. The number of nitrogens with zero attached hydrogens (tertiary/aromatic N) is 1. The maximum absolute atomic E-state index is 14.4. The van der Waals surface area contributed by atoms with Crippen molar-refractivity contribution >= 4 is 29.9 Å². The molecule has 0 saturated heterocycles. The highest BCUT2D eigenvalue weighted by Gasteiger charge is 2.68. The first-order chi connectivity index (χ1) is 14.7. The van der Waals surface area contributed by atoms with Crippen LogP contribution >= 0.6 is 12.2 Å². The SMILES string of the molecule is O=C(N[C@]1(C(F)(F)F)C(=O)Nc2c1c(=O)[nH]c(=S)n2-c1ccccc1)c1ccccc1. The minimum atomic E-state index is -5.34. The van der Waals surface area contributed by atoms with Gasteiger partial charge in [-0.05, 0) is 36.5 Å². The summed E-state index contributed by atoms with van der Waals surface area (Å²) in [5.74, 6) is -3.25. The number of rotatable bonds is 3. The molecule has 1 aliphatic heterocycles. The number of nitrogens with one attached hydrogen (secondary N) is 3. The van der Waals surface area contributed by atoms with Gasteiger partial charge in [-0.3, -0.25) is 23.9 Å². The Balaban J connectivity index is 1.99. The number of benzene rings is 2. The van der Waals surface area contributed by atoms with Crippen LogP contribution in [0.25, 0.3) is 5.69 Å². The van der Waals surface area contributed by atoms with Crippen molar-refractivity contribution in [3.05, 3.63) is 86.9 Å². The standard InChI is InChI=1S/C20H13F3N4O3S/c21-20(22,23)19(26-15(28)11-7-3-1-4-8-11)13-14(24-17(19)30)27(18(31)25-16(13)29)12-9-5-2-6-10-12/h1-10H,(H,24,30)(H,26,28)(H,25,29,31)/t19-/m0/s1. The Kier molecular flexibility index (Phi) is 4.77. The third-order valence-electron chi connectivity index (χ3n) is 4.84. The van der Waals surface area contributed by atoms with Crippen molar-refractivity contribution in [2.24, 2.45) is 0 Å². The average Bonchev–Trinajstić information content (AvgIpc) is 3.02. The molecule has 2 heterocycles. The van der Waals surface area contributed by atoms with Gasteiger partial charge in [0, 0.05) is 11.3 Å². The quantitative estimate of drug-likeness (QED) is 0.539. The van der Waals surface area contributed by atoms with E-state index in [0.717, 1.165) is 4.57 Å². The van der Waals surface area contributed by atoms with Gasteiger partial charge in [0.25, 0.3) is 22.9 Å². The first kappa shape index (κ1) is 20.5. The van der Waals surface area contributed by atoms with Crippen molar-refractivity contribution < 1.29 is 22.8 Å². The lowest BCUT2D eigenvalue weighted by Crippen LogP contribution is -2.61. The van der Waals surface area contributed by atoms with E-state index < -0.39 is 40.5 Å². The molecule has 0 fully saturated rings. The molecule has 2 aromatic carbocycles. The molecule has 0 saturated carbocycles. The van der Waals surface area contributed by atoms with Gasteiger partial charge < -0.3 is 10.6 Å². The van der Waals surface area contributed by atoms with Gasteiger partial charge >= 0.3 is 6.18 Å². The molecule has 7 nitrogen and oxygen atoms in total. The highest BCUT2D eigenvalue weighted by Crippen LogP contribution is 2.45. The van der Waals surface area contributed by atoms with E-state index in [-0.39, 0.29) is 10.3 Å². The number of halogens is 3. The summed E-state index contributed by atoms with van der Waals surface area (Å²) < 4.78 is 44.0. The van der Waals surface area contributed by atoms with E-state index in [1.807, 2.05) is 0 Å². The van der Waals surface area contributed by atoms with Crippen LogP contribution in [-0.4, -0.2) is 27.5 Å². The van der Waals surface area contributed by atoms with Crippen LogP contribution in [-0.2, 0) is 10.3 Å². The fourth-order valence-electron chi connectivity index (χ4n) is 3.43. The van der Waals surface area contributed by atoms with E-state index >= 15 is 0 Å². The Labute approximate surface area is 177 Å². The lowest BCUT2D eigenvalue weighted by molar-refractivity contribution is -0.196. The number of carbonyl (C=O) groups excluding carboxylic acids is 2. The van der Waals surface area contributed by atoms with Crippen molar-refractivity contribution in [2.75, 3.05) is 5.32 Å². The van der Waals surface area contributed by atoms with Crippen LogP contribution in [0.1, 0.15) is 15.9 Å². The molecular formula is C20H13F3N4O3S. The predicted octanol–water partition coefficient (Wildman–Crippen LogP) is 3.03. The zero-order chi connectivity index (χ0) is 22.4. The smallest absolute Gasteiger partial charge is 0.326 e. The second-order valence-electron chi connectivity index (χ2n) is 6.68. The van der Waals surface area contributed by atoms with Crippen LogP contribution in [0.5, 0.6) is 0 Å². The van der Waals surface area contributed by atoms with E-state index in [2.05, 4.69) is 10.3 Å². The number of aromatic amines is 1. The third kappa shape index (κ3) is 3.13. The monoisotopic (exact) mass is 446 g/mol. The lowest BCUT2D eigenvalue weighted by atomic mass is 9.91. The number of para-hydroxylation sites is 1. The zero-order valence-corrected chi connectivity index (χ0v) is 16.3. The number of amides is 2. The third-order valence-corrected chi connectivity index (χ3v) is 5.12. The lowest BCUT2D eigenvalue weighted by Gasteiger charge is -2.30. The van der Waals surface area contributed by atoms with Gasteiger partial charge in [0.05, 0.1) is 0 Å². The summed E-state index contributed by atoms with van der Waals surface area (Å²) in [6.07, 6.45) is -5.34. The number of carbonyl (C=O) groups is 2. The molecule has 0 bridgehead atoms. The Morgan fingerprint density at radius 3 is 2.16 bits per heavy atom. The molecular weight excluding hydrogens is 433 g/mol. The van der Waals surface area contributed by atoms with Gasteiger partial charge in [-0.1, -0.05) is 36.4 Å². The second-order valence-corrected chi connectivity index (χ2v) is 7.06. The van der Waals surface area contributed by atoms with Crippen molar-refractivity contribution in [3.63, 3.8) is 0 Å². The minimum absolute atomic E-state index is 0.111. The average molecular weight is 446 g/mol. The van der Waals surface area contributed by atoms with E-state index in [1.54, 1.807) is 29.6 Å². The van der Waals surface area contributed by atoms with Crippen LogP contribution in [0.15, 0.2) is 65.5 Å². The summed E-state index contributed by atoms with van der Waals surface area (Å²) in [6, 6.07) is 15.0.